The van der Waals surface area contributed by atoms with Crippen LogP contribution in [-0.2, 0) is 16.0 Å². The summed E-state index contributed by atoms with van der Waals surface area (Å²) in [6, 6.07) is 8.22. The topological polar surface area (TPSA) is 67.9 Å². The summed E-state index contributed by atoms with van der Waals surface area (Å²) in [5.74, 6) is 0.551. The van der Waals surface area contributed by atoms with Crippen molar-refractivity contribution in [3.8, 4) is 11.4 Å². The third-order valence-corrected chi connectivity index (χ3v) is 4.34. The highest BCUT2D eigenvalue weighted by atomic mass is 32.2. The lowest BCUT2D eigenvalue weighted by Gasteiger charge is -2.00. The molecule has 1 aliphatic rings. The first-order valence-corrected chi connectivity index (χ1v) is 7.49. The van der Waals surface area contributed by atoms with Gasteiger partial charge in [-0.05, 0) is 12.0 Å². The minimum Gasteiger partial charge on any atom is -0.465 e. The number of carbonyl (C=O) groups excluding carboxylic acids is 1. The third kappa shape index (κ3) is 2.70. The van der Waals surface area contributed by atoms with Gasteiger partial charge < -0.3 is 4.74 Å². The average Bonchev–Trinajstić information content (AvgIpc) is 3.10. The number of carbonyl (C=O) groups is 1. The van der Waals surface area contributed by atoms with Gasteiger partial charge in [0, 0.05) is 12.0 Å². The number of aryl methyl sites for hydroxylation is 1. The molecule has 0 bridgehead atoms. The normalized spacial score (nSPS) is 18.2. The van der Waals surface area contributed by atoms with Crippen LogP contribution in [0.2, 0.25) is 0 Å². The van der Waals surface area contributed by atoms with Crippen LogP contribution < -0.4 is 0 Å². The first-order valence-electron chi connectivity index (χ1n) is 6.61. The molecule has 0 radical (unpaired) electrons. The molecule has 1 aliphatic heterocycles. The summed E-state index contributed by atoms with van der Waals surface area (Å²) in [5.41, 5.74) is 2.28. The second-order valence-electron chi connectivity index (χ2n) is 4.58. The van der Waals surface area contributed by atoms with Crippen molar-refractivity contribution < 1.29 is 9.53 Å². The van der Waals surface area contributed by atoms with E-state index in [1.54, 1.807) is 0 Å². The Balaban J connectivity index is 1.73. The monoisotopic (exact) mass is 289 g/mol. The minimum absolute atomic E-state index is 0.173. The lowest BCUT2D eigenvalue weighted by molar-refractivity contribution is -0.137. The van der Waals surface area contributed by atoms with Crippen molar-refractivity contribution in [3.05, 3.63) is 29.8 Å². The number of thioether (sulfide) groups is 1. The largest absolute Gasteiger partial charge is 0.465 e. The molecule has 0 aliphatic carbocycles. The van der Waals surface area contributed by atoms with Gasteiger partial charge >= 0.3 is 5.97 Å². The number of nitrogens with one attached hydrogen (secondary N) is 1. The van der Waals surface area contributed by atoms with E-state index >= 15 is 0 Å². The highest BCUT2D eigenvalue weighted by molar-refractivity contribution is 8.00. The number of aromatic nitrogens is 3. The van der Waals surface area contributed by atoms with Crippen molar-refractivity contribution >= 4 is 17.7 Å². The van der Waals surface area contributed by atoms with Gasteiger partial charge in [-0.2, -0.15) is 0 Å². The van der Waals surface area contributed by atoms with Gasteiger partial charge in [0.1, 0.15) is 5.25 Å². The average molecular weight is 289 g/mol. The zero-order valence-corrected chi connectivity index (χ0v) is 11.9. The van der Waals surface area contributed by atoms with Crippen LogP contribution in [0.25, 0.3) is 11.4 Å². The Morgan fingerprint density at radius 2 is 2.20 bits per heavy atom. The third-order valence-electron chi connectivity index (χ3n) is 3.24. The van der Waals surface area contributed by atoms with E-state index < -0.39 is 0 Å². The number of hydrogen-bond acceptors (Lipinski definition) is 5. The van der Waals surface area contributed by atoms with Crippen LogP contribution in [0, 0.1) is 0 Å². The molecule has 1 saturated heterocycles. The van der Waals surface area contributed by atoms with Gasteiger partial charge in [-0.1, -0.05) is 43.0 Å². The number of rotatable bonds is 4. The molecule has 5 nitrogen and oxygen atoms in total. The molecule has 3 rings (SSSR count). The lowest BCUT2D eigenvalue weighted by atomic mass is 10.1. The Kier molecular flexibility index (Phi) is 3.73. The predicted octanol–water partition coefficient (Wildman–Crippen LogP) is 2.44. The Labute approximate surface area is 121 Å². The number of nitrogens with zero attached hydrogens (tertiary/aromatic N) is 2. The van der Waals surface area contributed by atoms with Gasteiger partial charge in [0.25, 0.3) is 0 Å². The summed E-state index contributed by atoms with van der Waals surface area (Å²) in [5, 5.41) is 7.47. The first kappa shape index (κ1) is 13.2. The fourth-order valence-corrected chi connectivity index (χ4v) is 2.91. The zero-order valence-electron chi connectivity index (χ0n) is 11.1. The Morgan fingerprint density at radius 3 is 2.85 bits per heavy atom. The quantitative estimate of drug-likeness (QED) is 0.876. The maximum absolute atomic E-state index is 11.4. The van der Waals surface area contributed by atoms with Gasteiger partial charge in [0.2, 0.25) is 5.16 Å². The van der Waals surface area contributed by atoms with Gasteiger partial charge in [-0.3, -0.25) is 9.89 Å². The number of benzene rings is 1. The zero-order chi connectivity index (χ0) is 13.9. The molecule has 0 amide bonds. The SMILES string of the molecule is CCc1ccc(-c2nc(S[C@@H]3CCOC3=O)n[nH]2)cc1. The van der Waals surface area contributed by atoms with E-state index in [2.05, 4.69) is 34.2 Å². The molecule has 20 heavy (non-hydrogen) atoms. The van der Waals surface area contributed by atoms with Crippen molar-refractivity contribution in [1.29, 1.82) is 0 Å². The van der Waals surface area contributed by atoms with Crippen molar-refractivity contribution in [2.24, 2.45) is 0 Å². The van der Waals surface area contributed by atoms with Crippen LogP contribution in [0.4, 0.5) is 0 Å². The molecule has 2 heterocycles. The second-order valence-corrected chi connectivity index (χ2v) is 5.75. The first-order chi connectivity index (χ1) is 9.76. The highest BCUT2D eigenvalue weighted by Gasteiger charge is 2.28. The summed E-state index contributed by atoms with van der Waals surface area (Å²) in [7, 11) is 0. The fourth-order valence-electron chi connectivity index (χ4n) is 2.04. The number of hydrogen-bond donors (Lipinski definition) is 1. The molecule has 6 heteroatoms. The van der Waals surface area contributed by atoms with Crippen molar-refractivity contribution in [2.45, 2.75) is 30.2 Å². The minimum atomic E-state index is -0.180. The molecule has 0 unspecified atom stereocenters. The fraction of sp³-hybridized carbons (Fsp3) is 0.357. The number of esters is 1. The molecule has 1 aromatic carbocycles. The van der Waals surface area contributed by atoms with Crippen LogP contribution >= 0.6 is 11.8 Å². The Hall–Kier alpha value is -1.82. The van der Waals surface area contributed by atoms with Gasteiger partial charge in [0.05, 0.1) is 6.61 Å². The standard InChI is InChI=1S/C14H15N3O2S/c1-2-9-3-5-10(6-4-9)12-15-14(17-16-12)20-11-7-8-19-13(11)18/h3-6,11H,2,7-8H2,1H3,(H,15,16,17)/t11-/m1/s1. The maximum atomic E-state index is 11.4. The van der Waals surface area contributed by atoms with Crippen LogP contribution in [0.5, 0.6) is 0 Å². The van der Waals surface area contributed by atoms with E-state index in [0.29, 0.717) is 11.8 Å². The van der Waals surface area contributed by atoms with Crippen LogP contribution in [0.3, 0.4) is 0 Å². The summed E-state index contributed by atoms with van der Waals surface area (Å²) in [6.45, 7) is 2.62. The molecule has 2 aromatic rings. The van der Waals surface area contributed by atoms with E-state index in [9.17, 15) is 4.79 Å². The highest BCUT2D eigenvalue weighted by Crippen LogP contribution is 2.28. The van der Waals surface area contributed by atoms with Crippen LogP contribution in [0.15, 0.2) is 29.4 Å². The molecule has 1 aromatic heterocycles. The summed E-state index contributed by atoms with van der Waals surface area (Å²) >= 11 is 1.35. The van der Waals surface area contributed by atoms with Crippen molar-refractivity contribution in [3.63, 3.8) is 0 Å². The van der Waals surface area contributed by atoms with Crippen LogP contribution in [0.1, 0.15) is 18.9 Å². The maximum Gasteiger partial charge on any atom is 0.319 e. The molecule has 1 fully saturated rings. The van der Waals surface area contributed by atoms with Crippen molar-refractivity contribution in [2.75, 3.05) is 6.61 Å². The molecule has 1 N–H and O–H groups in total. The predicted molar refractivity (Wildman–Crippen MR) is 76.4 cm³/mol. The number of cyclic esters (lactones) is 1. The van der Waals surface area contributed by atoms with E-state index in [1.807, 2.05) is 12.1 Å². The Morgan fingerprint density at radius 1 is 1.40 bits per heavy atom. The van der Waals surface area contributed by atoms with E-state index in [1.165, 1.54) is 17.3 Å². The second kappa shape index (κ2) is 5.66. The summed E-state index contributed by atoms with van der Waals surface area (Å²) < 4.78 is 4.93. The molecular weight excluding hydrogens is 274 g/mol. The van der Waals surface area contributed by atoms with E-state index in [-0.39, 0.29) is 11.2 Å². The van der Waals surface area contributed by atoms with Gasteiger partial charge in [-0.25, -0.2) is 4.98 Å². The molecule has 0 saturated carbocycles. The van der Waals surface area contributed by atoms with Gasteiger partial charge in [0.15, 0.2) is 5.82 Å². The molecule has 0 spiro atoms. The summed E-state index contributed by atoms with van der Waals surface area (Å²) in [4.78, 5) is 15.8. The van der Waals surface area contributed by atoms with E-state index in [0.717, 1.165) is 24.2 Å². The number of aromatic amines is 1. The number of ether oxygens (including phenoxy) is 1. The van der Waals surface area contributed by atoms with Crippen molar-refractivity contribution in [1.82, 2.24) is 15.2 Å². The molecular formula is C14H15N3O2S. The Bertz CT molecular complexity index is 609. The summed E-state index contributed by atoms with van der Waals surface area (Å²) in [6.07, 6.45) is 1.74. The molecule has 104 valence electrons. The smallest absolute Gasteiger partial charge is 0.319 e. The van der Waals surface area contributed by atoms with Crippen LogP contribution in [-0.4, -0.2) is 33.0 Å². The molecule has 1 atom stereocenters. The van der Waals surface area contributed by atoms with E-state index in [4.69, 9.17) is 4.74 Å². The lowest BCUT2D eigenvalue weighted by Crippen LogP contribution is -2.09. The number of H-pyrrole nitrogens is 1. The van der Waals surface area contributed by atoms with Gasteiger partial charge in [-0.15, -0.1) is 5.10 Å².